The lowest BCUT2D eigenvalue weighted by molar-refractivity contribution is 0.102. The lowest BCUT2D eigenvalue weighted by Crippen LogP contribution is -2.15. The van der Waals surface area contributed by atoms with Crippen molar-refractivity contribution in [1.82, 2.24) is 4.57 Å². The van der Waals surface area contributed by atoms with Gasteiger partial charge in [0.05, 0.1) is 20.3 Å². The molecule has 0 radical (unpaired) electrons. The van der Waals surface area contributed by atoms with Gasteiger partial charge in [0.1, 0.15) is 5.69 Å². The van der Waals surface area contributed by atoms with Crippen LogP contribution in [-0.2, 0) is 7.05 Å². The highest BCUT2D eigenvalue weighted by molar-refractivity contribution is 7.17. The second-order valence-electron chi connectivity index (χ2n) is 4.34. The summed E-state index contributed by atoms with van der Waals surface area (Å²) >= 11 is 13.4. The molecule has 0 atom stereocenters. The van der Waals surface area contributed by atoms with Crippen LogP contribution in [0.2, 0.25) is 10.0 Å². The first-order valence-electron chi connectivity index (χ1n) is 5.85. The Morgan fingerprint density at radius 3 is 2.70 bits per heavy atom. The summed E-state index contributed by atoms with van der Waals surface area (Å²) < 4.78 is 2.96. The number of benzene rings is 1. The molecule has 0 bridgehead atoms. The Balaban J connectivity index is 1.90. The lowest BCUT2D eigenvalue weighted by Gasteiger charge is -2.07. The van der Waals surface area contributed by atoms with E-state index in [1.165, 1.54) is 0 Å². The van der Waals surface area contributed by atoms with Crippen molar-refractivity contribution in [2.45, 2.75) is 0 Å². The highest BCUT2D eigenvalue weighted by Crippen LogP contribution is 2.27. The number of aryl methyl sites for hydroxylation is 1. The molecule has 1 aromatic carbocycles. The predicted octanol–water partition coefficient (Wildman–Crippen LogP) is 4.80. The lowest BCUT2D eigenvalue weighted by atomic mass is 10.3. The van der Waals surface area contributed by atoms with Gasteiger partial charge in [-0.15, -0.1) is 11.3 Å². The maximum atomic E-state index is 12.3. The van der Waals surface area contributed by atoms with Crippen LogP contribution >= 0.6 is 34.5 Å². The van der Waals surface area contributed by atoms with Crippen LogP contribution < -0.4 is 5.32 Å². The molecule has 2 aromatic heterocycles. The van der Waals surface area contributed by atoms with Crippen LogP contribution in [0.25, 0.3) is 10.2 Å². The Bertz CT molecular complexity index is 807. The number of nitrogens with one attached hydrogen (secondary N) is 1. The fourth-order valence-corrected chi connectivity index (χ4v) is 3.18. The molecular formula is C14H10Cl2N2OS. The Kier molecular flexibility index (Phi) is 3.46. The van der Waals surface area contributed by atoms with E-state index in [9.17, 15) is 4.79 Å². The van der Waals surface area contributed by atoms with Gasteiger partial charge in [0, 0.05) is 12.7 Å². The van der Waals surface area contributed by atoms with Crippen molar-refractivity contribution in [2.24, 2.45) is 7.05 Å². The molecular weight excluding hydrogens is 315 g/mol. The zero-order valence-corrected chi connectivity index (χ0v) is 12.8. The van der Waals surface area contributed by atoms with E-state index >= 15 is 0 Å². The van der Waals surface area contributed by atoms with E-state index in [4.69, 9.17) is 23.2 Å². The van der Waals surface area contributed by atoms with Gasteiger partial charge in [-0.2, -0.15) is 0 Å². The third kappa shape index (κ3) is 2.30. The van der Waals surface area contributed by atoms with Crippen LogP contribution in [0.4, 0.5) is 5.69 Å². The Morgan fingerprint density at radius 1 is 1.20 bits per heavy atom. The molecule has 0 fully saturated rings. The maximum absolute atomic E-state index is 12.3. The first-order chi connectivity index (χ1) is 9.56. The molecule has 2 heterocycles. The van der Waals surface area contributed by atoms with Crippen LogP contribution in [0.15, 0.2) is 35.7 Å². The van der Waals surface area contributed by atoms with Crippen molar-refractivity contribution < 1.29 is 4.79 Å². The van der Waals surface area contributed by atoms with E-state index < -0.39 is 0 Å². The van der Waals surface area contributed by atoms with Gasteiger partial charge in [0.15, 0.2) is 0 Å². The molecule has 0 saturated heterocycles. The van der Waals surface area contributed by atoms with Crippen molar-refractivity contribution in [3.63, 3.8) is 0 Å². The standard InChI is InChI=1S/C14H10Cl2N2OS/c1-18-11-4-5-20-13(11)7-12(18)14(19)17-8-2-3-9(15)10(16)6-8/h2-7H,1H3,(H,17,19). The van der Waals surface area contributed by atoms with Gasteiger partial charge >= 0.3 is 0 Å². The van der Waals surface area contributed by atoms with Crippen LogP contribution in [0.3, 0.4) is 0 Å². The monoisotopic (exact) mass is 324 g/mol. The molecule has 3 rings (SSSR count). The summed E-state index contributed by atoms with van der Waals surface area (Å²) in [6.07, 6.45) is 0. The third-order valence-electron chi connectivity index (χ3n) is 3.07. The Morgan fingerprint density at radius 2 is 2.00 bits per heavy atom. The number of thiophene rings is 1. The molecule has 1 amide bonds. The minimum absolute atomic E-state index is 0.172. The smallest absolute Gasteiger partial charge is 0.272 e. The number of fused-ring (bicyclic) bond motifs is 1. The molecule has 6 heteroatoms. The number of amides is 1. The highest BCUT2D eigenvalue weighted by Gasteiger charge is 2.14. The number of halogens is 2. The first-order valence-corrected chi connectivity index (χ1v) is 7.49. The molecule has 3 aromatic rings. The molecule has 3 nitrogen and oxygen atoms in total. The van der Waals surface area contributed by atoms with Gasteiger partial charge in [-0.1, -0.05) is 23.2 Å². The van der Waals surface area contributed by atoms with E-state index in [1.807, 2.05) is 29.1 Å². The van der Waals surface area contributed by atoms with Crippen LogP contribution in [0.5, 0.6) is 0 Å². The molecule has 102 valence electrons. The average Bonchev–Trinajstić information content (AvgIpc) is 2.97. The molecule has 0 aliphatic rings. The second-order valence-corrected chi connectivity index (χ2v) is 6.10. The van der Waals surface area contributed by atoms with Gasteiger partial charge in [0.25, 0.3) is 5.91 Å². The van der Waals surface area contributed by atoms with Crippen molar-refractivity contribution >= 4 is 56.3 Å². The number of rotatable bonds is 2. The van der Waals surface area contributed by atoms with Crippen molar-refractivity contribution in [2.75, 3.05) is 5.32 Å². The molecule has 20 heavy (non-hydrogen) atoms. The number of carbonyl (C=O) groups excluding carboxylic acids is 1. The van der Waals surface area contributed by atoms with E-state index in [2.05, 4.69) is 5.32 Å². The molecule has 0 saturated carbocycles. The Hall–Kier alpha value is -1.49. The Labute approximate surface area is 129 Å². The maximum Gasteiger partial charge on any atom is 0.272 e. The molecule has 0 aliphatic carbocycles. The summed E-state index contributed by atoms with van der Waals surface area (Å²) in [6.45, 7) is 0. The van der Waals surface area contributed by atoms with E-state index in [0.29, 0.717) is 21.4 Å². The van der Waals surface area contributed by atoms with Gasteiger partial charge in [-0.3, -0.25) is 4.79 Å². The van der Waals surface area contributed by atoms with Crippen LogP contribution in [0.1, 0.15) is 10.5 Å². The van der Waals surface area contributed by atoms with Gasteiger partial charge in [0.2, 0.25) is 0 Å². The van der Waals surface area contributed by atoms with Crippen LogP contribution in [-0.4, -0.2) is 10.5 Å². The normalized spacial score (nSPS) is 10.9. The predicted molar refractivity (Wildman–Crippen MR) is 85.2 cm³/mol. The SMILES string of the molecule is Cn1c(C(=O)Nc2ccc(Cl)c(Cl)c2)cc2sccc21. The first kappa shape index (κ1) is 13.5. The van der Waals surface area contributed by atoms with E-state index in [-0.39, 0.29) is 5.91 Å². The van der Waals surface area contributed by atoms with E-state index in [0.717, 1.165) is 10.2 Å². The van der Waals surface area contributed by atoms with Crippen molar-refractivity contribution in [3.8, 4) is 0 Å². The summed E-state index contributed by atoms with van der Waals surface area (Å²) in [4.78, 5) is 12.3. The number of hydrogen-bond acceptors (Lipinski definition) is 2. The molecule has 0 unspecified atom stereocenters. The quantitative estimate of drug-likeness (QED) is 0.721. The van der Waals surface area contributed by atoms with Crippen molar-refractivity contribution in [3.05, 3.63) is 51.5 Å². The minimum atomic E-state index is -0.172. The van der Waals surface area contributed by atoms with E-state index in [1.54, 1.807) is 29.5 Å². The van der Waals surface area contributed by atoms with Crippen LogP contribution in [0, 0.1) is 0 Å². The molecule has 0 spiro atoms. The topological polar surface area (TPSA) is 34.0 Å². The third-order valence-corrected chi connectivity index (χ3v) is 4.67. The fourth-order valence-electron chi connectivity index (χ4n) is 2.04. The summed E-state index contributed by atoms with van der Waals surface area (Å²) in [5, 5.41) is 5.70. The zero-order valence-electron chi connectivity index (χ0n) is 10.5. The summed E-state index contributed by atoms with van der Waals surface area (Å²) in [5.41, 5.74) is 2.28. The summed E-state index contributed by atoms with van der Waals surface area (Å²) in [5.74, 6) is -0.172. The number of anilines is 1. The number of carbonyl (C=O) groups is 1. The van der Waals surface area contributed by atoms with Gasteiger partial charge < -0.3 is 9.88 Å². The number of hydrogen-bond donors (Lipinski definition) is 1. The molecule has 1 N–H and O–H groups in total. The molecule has 0 aliphatic heterocycles. The van der Waals surface area contributed by atoms with Gasteiger partial charge in [-0.25, -0.2) is 0 Å². The van der Waals surface area contributed by atoms with Gasteiger partial charge in [-0.05, 0) is 35.7 Å². The largest absolute Gasteiger partial charge is 0.339 e. The highest BCUT2D eigenvalue weighted by atomic mass is 35.5. The number of nitrogens with zero attached hydrogens (tertiary/aromatic N) is 1. The number of aromatic nitrogens is 1. The summed E-state index contributed by atoms with van der Waals surface area (Å²) in [6, 6.07) is 8.89. The zero-order chi connectivity index (χ0) is 14.3. The second kappa shape index (κ2) is 5.13. The average molecular weight is 325 g/mol. The fraction of sp³-hybridized carbons (Fsp3) is 0.0714. The minimum Gasteiger partial charge on any atom is -0.339 e. The van der Waals surface area contributed by atoms with Crippen molar-refractivity contribution in [1.29, 1.82) is 0 Å². The summed E-state index contributed by atoms with van der Waals surface area (Å²) in [7, 11) is 1.87.